The molecule has 65 heavy (non-hydrogen) atoms. The fourth-order valence-electron chi connectivity index (χ4n) is 8.00. The largest absolute Gasteiger partial charge is 0.507 e. The Bertz CT molecular complexity index is 5050. The van der Waals surface area contributed by atoms with E-state index < -0.39 is 206 Å². The lowest BCUT2D eigenvalue weighted by Crippen LogP contribution is -2.09. The SMILES string of the molecule is [2H]c1c([2H])c(-c2cc3c([2H])c([2H])c([2H])c([2H])c3c([2H])c2[2H])c(O)c(-c2c([2H])c([2H])c(N(c3ccc(-c4ccccc4-n4c5ccccc5c5ccccc54)cc3)c3c([2H])c([2H])c(-c4c([2H])c([2H])c5c([2H])c([2H])c([2H])c([2H])c5c4[2H])c([2H])c3[2H])c([2H])c2[2H])c1[2H]. The highest BCUT2D eigenvalue weighted by Gasteiger charge is 2.18. The van der Waals surface area contributed by atoms with Crippen molar-refractivity contribution in [1.82, 2.24) is 4.57 Å². The van der Waals surface area contributed by atoms with Crippen LogP contribution in [0.5, 0.6) is 5.75 Å². The van der Waals surface area contributed by atoms with Gasteiger partial charge in [0.05, 0.1) is 49.6 Å². The maximum atomic E-state index is 12.3. The Balaban J connectivity index is 1.11. The van der Waals surface area contributed by atoms with Crippen LogP contribution in [0, 0.1) is 0 Å². The van der Waals surface area contributed by atoms with Crippen LogP contribution in [0.15, 0.2) is 248 Å². The molecule has 12 aromatic rings. The molecule has 0 radical (unpaired) electrons. The van der Waals surface area contributed by atoms with Gasteiger partial charge < -0.3 is 14.6 Å². The molecule has 12 rings (SSSR count). The Morgan fingerprint density at radius 2 is 0.892 bits per heavy atom. The fraction of sp³-hybridized carbons (Fsp3) is 0. The summed E-state index contributed by atoms with van der Waals surface area (Å²) in [5, 5.41) is 12.6. The van der Waals surface area contributed by atoms with Gasteiger partial charge in [0.25, 0.3) is 0 Å². The zero-order valence-corrected chi connectivity index (χ0v) is 33.7. The molecule has 3 nitrogen and oxygen atoms in total. The highest BCUT2D eigenvalue weighted by molar-refractivity contribution is 6.09. The Kier molecular flexibility index (Phi) is 5.06. The van der Waals surface area contributed by atoms with Crippen LogP contribution in [0.2, 0.25) is 0 Å². The first kappa shape index (κ1) is 20.7. The molecular weight excluding hydrogens is 789 g/mol. The molecule has 0 unspecified atom stereocenters. The number of para-hydroxylation sites is 4. The molecule has 0 spiro atoms. The van der Waals surface area contributed by atoms with E-state index in [4.69, 9.17) is 20.6 Å². The molecule has 0 aliphatic heterocycles. The van der Waals surface area contributed by atoms with Crippen molar-refractivity contribution in [3.05, 3.63) is 248 Å². The molecule has 0 atom stereocenters. The van der Waals surface area contributed by atoms with Gasteiger partial charge in [-0.1, -0.05) is 182 Å². The number of hydrogen-bond donors (Lipinski definition) is 1. The summed E-state index contributed by atoms with van der Waals surface area (Å²) in [5.74, 6) is -1.14. The van der Waals surface area contributed by atoms with Crippen molar-refractivity contribution in [1.29, 1.82) is 0 Å². The summed E-state index contributed by atoms with van der Waals surface area (Å²) in [5.41, 5.74) is -2.06. The lowest BCUT2D eigenvalue weighted by Gasteiger charge is -2.26. The van der Waals surface area contributed by atoms with E-state index >= 15 is 0 Å². The number of aromatic hydroxyl groups is 1. The molecule has 0 amide bonds. The molecule has 1 N–H and O–H groups in total. The Labute approximate surface area is 411 Å². The van der Waals surface area contributed by atoms with Gasteiger partial charge in [-0.05, 0) is 116 Å². The van der Waals surface area contributed by atoms with Crippen molar-refractivity contribution in [2.45, 2.75) is 0 Å². The first-order valence-electron chi connectivity index (χ1n) is 32.2. The summed E-state index contributed by atoms with van der Waals surface area (Å²) in [6.07, 6.45) is 0. The third-order valence-corrected chi connectivity index (χ3v) is 11.0. The third kappa shape index (κ3) is 6.78. The Hall–Kier alpha value is -8.66. The van der Waals surface area contributed by atoms with E-state index in [0.29, 0.717) is 11.1 Å². The fourth-order valence-corrected chi connectivity index (χ4v) is 8.00. The molecule has 1 heterocycles. The van der Waals surface area contributed by atoms with Crippen molar-refractivity contribution in [2.75, 3.05) is 4.90 Å². The van der Waals surface area contributed by atoms with Crippen LogP contribution in [0.3, 0.4) is 0 Å². The molecule has 1 aromatic heterocycles. The van der Waals surface area contributed by atoms with Gasteiger partial charge >= 0.3 is 0 Å². The average molecular weight is 855 g/mol. The van der Waals surface area contributed by atoms with Crippen LogP contribution in [0.1, 0.15) is 32.9 Å². The predicted molar refractivity (Wildman–Crippen MR) is 274 cm³/mol. The first-order chi connectivity index (χ1) is 42.2. The first-order valence-corrected chi connectivity index (χ1v) is 20.2. The number of phenolic OH excluding ortho intramolecular Hbond substituents is 1. The maximum Gasteiger partial charge on any atom is 0.131 e. The van der Waals surface area contributed by atoms with Crippen molar-refractivity contribution < 1.29 is 38.0 Å². The lowest BCUT2D eigenvalue weighted by atomic mass is 9.95. The zero-order valence-electron chi connectivity index (χ0n) is 57.7. The molecule has 306 valence electrons. The smallest absolute Gasteiger partial charge is 0.131 e. The Morgan fingerprint density at radius 3 is 1.57 bits per heavy atom. The van der Waals surface area contributed by atoms with Crippen LogP contribution in [0.25, 0.3) is 93.5 Å². The van der Waals surface area contributed by atoms with E-state index in [1.54, 1.807) is 12.1 Å². The minimum atomic E-state index is -1.14. The summed E-state index contributed by atoms with van der Waals surface area (Å²) in [6, 6.07) is 10.0. The quantitative estimate of drug-likeness (QED) is 0.165. The number of hydrogen-bond acceptors (Lipinski definition) is 2. The monoisotopic (exact) mass is 854 g/mol. The minimum Gasteiger partial charge on any atom is -0.507 e. The summed E-state index contributed by atoms with van der Waals surface area (Å²) in [6.45, 7) is 0. The second-order valence-electron chi connectivity index (χ2n) is 14.8. The molecule has 11 aromatic carbocycles. The third-order valence-electron chi connectivity index (χ3n) is 11.0. The summed E-state index contributed by atoms with van der Waals surface area (Å²) < 4.78 is 219. The molecule has 3 heteroatoms. The van der Waals surface area contributed by atoms with Gasteiger partial charge in [0, 0.05) is 44.5 Å². The van der Waals surface area contributed by atoms with Crippen molar-refractivity contribution >= 4 is 60.4 Å². The number of benzene rings is 11. The highest BCUT2D eigenvalue weighted by Crippen LogP contribution is 2.43. The number of anilines is 3. The van der Waals surface area contributed by atoms with Gasteiger partial charge in [0.15, 0.2) is 0 Å². The van der Waals surface area contributed by atoms with Gasteiger partial charge in [0.2, 0.25) is 0 Å². The number of rotatable bonds is 8. The minimum absolute atomic E-state index is 0.0931. The highest BCUT2D eigenvalue weighted by atomic mass is 16.3. The second-order valence-corrected chi connectivity index (χ2v) is 14.8. The molecule has 0 fully saturated rings. The number of phenols is 1. The summed E-state index contributed by atoms with van der Waals surface area (Å²) in [4.78, 5) is 0.919. The van der Waals surface area contributed by atoms with Crippen LogP contribution >= 0.6 is 0 Å². The van der Waals surface area contributed by atoms with Crippen molar-refractivity contribution in [2.24, 2.45) is 0 Å². The number of nitrogens with zero attached hydrogens (tertiary/aromatic N) is 2. The molecule has 0 aliphatic carbocycles. The molecule has 0 bridgehead atoms. The molecule has 0 saturated heterocycles. The van der Waals surface area contributed by atoms with Gasteiger partial charge in [-0.2, -0.15) is 0 Å². The summed E-state index contributed by atoms with van der Waals surface area (Å²) in [7, 11) is 0. The van der Waals surface area contributed by atoms with Gasteiger partial charge in [-0.3, -0.25) is 0 Å². The van der Waals surface area contributed by atoms with Gasteiger partial charge in [-0.15, -0.1) is 0 Å². The molecule has 0 saturated carbocycles. The van der Waals surface area contributed by atoms with E-state index in [1.807, 2.05) is 72.8 Å². The predicted octanol–water partition coefficient (Wildman–Crippen LogP) is 16.9. The normalized spacial score (nSPS) is 16.6. The maximum absolute atomic E-state index is 12.3. The average Bonchev–Trinajstić information content (AvgIpc) is 1.34. The molecular formula is C62H42N2O. The van der Waals surface area contributed by atoms with E-state index in [2.05, 4.69) is 4.57 Å². The van der Waals surface area contributed by atoms with E-state index in [9.17, 15) is 17.4 Å². The van der Waals surface area contributed by atoms with Gasteiger partial charge in [0.1, 0.15) is 5.75 Å². The molecule has 0 aliphatic rings. The number of aromatic nitrogens is 1. The van der Waals surface area contributed by atoms with Crippen molar-refractivity contribution in [3.63, 3.8) is 0 Å². The standard InChI is InChI=1S/C62H42N2O/c65-62-55(19-11-20-56(62)50-27-25-43-13-2-4-15-48(43)41-50)46-32-38-53(39-33-46)63(51-34-28-44(29-35-51)49-26-24-42-12-1-3-14-47(42)40-49)52-36-30-45(31-37-52)54-16-5-8-21-59(54)64-60-22-9-6-17-57(60)58-18-7-10-23-61(58)64/h1-41,65H/i1D,2D,3D,4D,11D,12D,13D,14D,15D,19D,20D,24D,25D,26D,27D,28D,29D,32D,33D,34D,35D,38D,39D,40D. The van der Waals surface area contributed by atoms with Crippen LogP contribution in [-0.2, 0) is 0 Å². The van der Waals surface area contributed by atoms with Crippen LogP contribution in [0.4, 0.5) is 17.1 Å². The number of fused-ring (bicyclic) bond motifs is 5. The van der Waals surface area contributed by atoms with Gasteiger partial charge in [-0.25, -0.2) is 0 Å². The second kappa shape index (κ2) is 15.9. The summed E-state index contributed by atoms with van der Waals surface area (Å²) >= 11 is 0. The van der Waals surface area contributed by atoms with E-state index in [-0.39, 0.29) is 16.5 Å². The van der Waals surface area contributed by atoms with Crippen LogP contribution < -0.4 is 4.90 Å². The topological polar surface area (TPSA) is 28.4 Å². The van der Waals surface area contributed by atoms with E-state index in [0.717, 1.165) is 38.5 Å². The van der Waals surface area contributed by atoms with E-state index in [1.165, 1.54) is 12.1 Å². The zero-order chi connectivity index (χ0) is 64.2. The van der Waals surface area contributed by atoms with Crippen molar-refractivity contribution in [3.8, 4) is 55.9 Å². The lowest BCUT2D eigenvalue weighted by molar-refractivity contribution is 0.479. The van der Waals surface area contributed by atoms with Crippen LogP contribution in [-0.4, -0.2) is 9.67 Å². The Morgan fingerprint density at radius 1 is 0.369 bits per heavy atom.